The first-order valence-electron chi connectivity index (χ1n) is 6.74. The van der Waals surface area contributed by atoms with E-state index in [1.807, 2.05) is 0 Å². The van der Waals surface area contributed by atoms with Crippen LogP contribution in [0.4, 0.5) is 0 Å². The zero-order valence-electron chi connectivity index (χ0n) is 12.0. The van der Waals surface area contributed by atoms with Crippen LogP contribution in [0.3, 0.4) is 0 Å². The lowest BCUT2D eigenvalue weighted by atomic mass is 10.1. The average Bonchev–Trinajstić information content (AvgIpc) is 2.68. The van der Waals surface area contributed by atoms with Crippen LogP contribution in [0.15, 0.2) is 24.3 Å². The Bertz CT molecular complexity index is 610. The Hall–Kier alpha value is -1.77. The minimum atomic E-state index is -0.739. The van der Waals surface area contributed by atoms with Crippen molar-refractivity contribution in [2.45, 2.75) is 40.2 Å². The van der Waals surface area contributed by atoms with E-state index < -0.39 is 5.97 Å². The van der Waals surface area contributed by atoms with E-state index in [2.05, 4.69) is 49.6 Å². The summed E-state index contributed by atoms with van der Waals surface area (Å²) in [4.78, 5) is 11.1. The zero-order valence-corrected chi connectivity index (χ0v) is 12.0. The Morgan fingerprint density at radius 1 is 1.32 bits per heavy atom. The zero-order chi connectivity index (χ0) is 14.2. The minimum Gasteiger partial charge on any atom is -0.481 e. The molecular formula is C16H21NO2. The Morgan fingerprint density at radius 2 is 2.00 bits per heavy atom. The van der Waals surface area contributed by atoms with Crippen LogP contribution >= 0.6 is 0 Å². The van der Waals surface area contributed by atoms with Crippen LogP contribution in [0.25, 0.3) is 10.9 Å². The highest BCUT2D eigenvalue weighted by Crippen LogP contribution is 2.28. The maximum atomic E-state index is 11.1. The van der Waals surface area contributed by atoms with Crippen LogP contribution in [0.2, 0.25) is 0 Å². The van der Waals surface area contributed by atoms with Gasteiger partial charge in [-0.3, -0.25) is 4.79 Å². The van der Waals surface area contributed by atoms with Gasteiger partial charge in [0.25, 0.3) is 0 Å². The normalized spacial score (nSPS) is 13.1. The maximum absolute atomic E-state index is 11.1. The third-order valence-electron chi connectivity index (χ3n) is 3.63. The first-order valence-corrected chi connectivity index (χ1v) is 6.74. The van der Waals surface area contributed by atoms with Gasteiger partial charge in [0.2, 0.25) is 0 Å². The molecule has 0 aliphatic rings. The van der Waals surface area contributed by atoms with Gasteiger partial charge in [0.1, 0.15) is 0 Å². The van der Waals surface area contributed by atoms with Gasteiger partial charge in [-0.1, -0.05) is 19.1 Å². The number of carboxylic acid groups (broad SMARTS) is 1. The number of fused-ring (bicyclic) bond motifs is 1. The van der Waals surface area contributed by atoms with Crippen LogP contribution in [0.5, 0.6) is 0 Å². The summed E-state index contributed by atoms with van der Waals surface area (Å²) >= 11 is 0. The smallest absolute Gasteiger partial charge is 0.306 e. The summed E-state index contributed by atoms with van der Waals surface area (Å²) in [6.07, 6.45) is 0.571. The van der Waals surface area contributed by atoms with Crippen LogP contribution in [-0.2, 0) is 11.2 Å². The van der Waals surface area contributed by atoms with Gasteiger partial charge in [-0.05, 0) is 38.5 Å². The fourth-order valence-electron chi connectivity index (χ4n) is 2.62. The second-order valence-electron chi connectivity index (χ2n) is 5.55. The molecule has 1 heterocycles. The van der Waals surface area contributed by atoms with E-state index in [4.69, 9.17) is 5.11 Å². The van der Waals surface area contributed by atoms with Crippen molar-refractivity contribution in [3.05, 3.63) is 35.5 Å². The van der Waals surface area contributed by atoms with Crippen molar-refractivity contribution >= 4 is 16.9 Å². The van der Waals surface area contributed by atoms with Crippen molar-refractivity contribution in [1.82, 2.24) is 4.57 Å². The monoisotopic (exact) mass is 259 g/mol. The summed E-state index contributed by atoms with van der Waals surface area (Å²) in [5.74, 6) is -1.10. The van der Waals surface area contributed by atoms with Crippen molar-refractivity contribution in [2.24, 2.45) is 5.92 Å². The fourth-order valence-corrected chi connectivity index (χ4v) is 2.62. The van der Waals surface area contributed by atoms with E-state index in [0.717, 1.165) is 5.69 Å². The molecule has 3 heteroatoms. The Morgan fingerprint density at radius 3 is 2.58 bits per heavy atom. The predicted octanol–water partition coefficient (Wildman–Crippen LogP) is 3.79. The van der Waals surface area contributed by atoms with Gasteiger partial charge in [-0.25, -0.2) is 0 Å². The number of rotatable bonds is 4. The minimum absolute atomic E-state index is 0.329. The Kier molecular flexibility index (Phi) is 3.65. The molecule has 2 rings (SSSR count). The highest BCUT2D eigenvalue weighted by Gasteiger charge is 2.18. The number of hydrogen-bond donors (Lipinski definition) is 1. The van der Waals surface area contributed by atoms with Crippen molar-refractivity contribution in [3.8, 4) is 0 Å². The summed E-state index contributed by atoms with van der Waals surface area (Å²) in [6, 6.07) is 8.73. The van der Waals surface area contributed by atoms with Crippen molar-refractivity contribution in [3.63, 3.8) is 0 Å². The van der Waals surface area contributed by atoms with Crippen molar-refractivity contribution in [1.29, 1.82) is 0 Å². The molecule has 0 amide bonds. The summed E-state index contributed by atoms with van der Waals surface area (Å²) in [5.41, 5.74) is 3.54. The molecule has 1 atom stereocenters. The van der Waals surface area contributed by atoms with Crippen LogP contribution < -0.4 is 0 Å². The quantitative estimate of drug-likeness (QED) is 0.907. The number of carboxylic acids is 1. The van der Waals surface area contributed by atoms with Crippen molar-refractivity contribution in [2.75, 3.05) is 0 Å². The lowest BCUT2D eigenvalue weighted by Crippen LogP contribution is -2.15. The van der Waals surface area contributed by atoms with E-state index in [1.54, 1.807) is 6.92 Å². The molecule has 0 fully saturated rings. The average molecular weight is 259 g/mol. The molecular weight excluding hydrogens is 238 g/mol. The third kappa shape index (κ3) is 2.50. The van der Waals surface area contributed by atoms with E-state index in [0.29, 0.717) is 12.5 Å². The molecule has 1 N–H and O–H groups in total. The SMILES string of the molecule is Cc1cccc2c1cc(CC(C)C(=O)O)n2C(C)C. The number of hydrogen-bond acceptors (Lipinski definition) is 1. The number of benzene rings is 1. The molecule has 19 heavy (non-hydrogen) atoms. The second-order valence-corrected chi connectivity index (χ2v) is 5.55. The molecule has 0 aliphatic carbocycles. The van der Waals surface area contributed by atoms with Crippen LogP contribution in [-0.4, -0.2) is 15.6 Å². The third-order valence-corrected chi connectivity index (χ3v) is 3.63. The number of aryl methyl sites for hydroxylation is 1. The second kappa shape index (κ2) is 5.08. The van der Waals surface area contributed by atoms with Crippen molar-refractivity contribution < 1.29 is 9.90 Å². The summed E-state index contributed by atoms with van der Waals surface area (Å²) < 4.78 is 2.25. The topological polar surface area (TPSA) is 42.2 Å². The number of aliphatic carboxylic acids is 1. The van der Waals surface area contributed by atoms with Crippen LogP contribution in [0, 0.1) is 12.8 Å². The van der Waals surface area contributed by atoms with E-state index in [9.17, 15) is 4.79 Å². The van der Waals surface area contributed by atoms with Gasteiger partial charge in [0, 0.05) is 29.1 Å². The molecule has 0 saturated heterocycles. The molecule has 0 spiro atoms. The van der Waals surface area contributed by atoms with E-state index in [1.165, 1.54) is 16.5 Å². The van der Waals surface area contributed by atoms with Crippen LogP contribution in [0.1, 0.15) is 38.1 Å². The van der Waals surface area contributed by atoms with E-state index >= 15 is 0 Å². The predicted molar refractivity (Wildman–Crippen MR) is 77.6 cm³/mol. The first kappa shape index (κ1) is 13.7. The number of nitrogens with zero attached hydrogens (tertiary/aromatic N) is 1. The standard InChI is InChI=1S/C16H21NO2/c1-10(2)17-13(8-12(4)16(18)19)9-14-11(3)6-5-7-15(14)17/h5-7,9-10,12H,8H2,1-4H3,(H,18,19). The molecule has 1 unspecified atom stereocenters. The molecule has 0 radical (unpaired) electrons. The van der Waals surface area contributed by atoms with E-state index in [-0.39, 0.29) is 5.92 Å². The number of carbonyl (C=O) groups is 1. The molecule has 2 aromatic rings. The Labute approximate surface area is 113 Å². The molecule has 0 aliphatic heterocycles. The first-order chi connectivity index (χ1) is 8.91. The Balaban J connectivity index is 2.57. The van der Waals surface area contributed by atoms with Gasteiger partial charge in [0.15, 0.2) is 0 Å². The highest BCUT2D eigenvalue weighted by molar-refractivity contribution is 5.85. The van der Waals surface area contributed by atoms with Gasteiger partial charge in [-0.15, -0.1) is 0 Å². The molecule has 1 aromatic heterocycles. The van der Waals surface area contributed by atoms with Gasteiger partial charge >= 0.3 is 5.97 Å². The molecule has 0 bridgehead atoms. The van der Waals surface area contributed by atoms with Gasteiger partial charge in [0.05, 0.1) is 5.92 Å². The molecule has 3 nitrogen and oxygen atoms in total. The molecule has 102 valence electrons. The fraction of sp³-hybridized carbons (Fsp3) is 0.438. The lowest BCUT2D eigenvalue weighted by Gasteiger charge is -2.16. The summed E-state index contributed by atoms with van der Waals surface area (Å²) in [7, 11) is 0. The summed E-state index contributed by atoms with van der Waals surface area (Å²) in [6.45, 7) is 8.13. The maximum Gasteiger partial charge on any atom is 0.306 e. The van der Waals surface area contributed by atoms with Gasteiger partial charge < -0.3 is 9.67 Å². The summed E-state index contributed by atoms with van der Waals surface area (Å²) in [5, 5.41) is 10.3. The largest absolute Gasteiger partial charge is 0.481 e. The molecule has 0 saturated carbocycles. The highest BCUT2D eigenvalue weighted by atomic mass is 16.4. The van der Waals surface area contributed by atoms with Gasteiger partial charge in [-0.2, -0.15) is 0 Å². The molecule has 1 aromatic carbocycles. The lowest BCUT2D eigenvalue weighted by molar-refractivity contribution is -0.141. The number of aromatic nitrogens is 1.